The largest absolute Gasteiger partial charge is 0.504 e. The van der Waals surface area contributed by atoms with Gasteiger partial charge >= 0.3 is 0 Å². The van der Waals surface area contributed by atoms with Crippen molar-refractivity contribution in [1.82, 2.24) is 5.43 Å². The fourth-order valence-electron chi connectivity index (χ4n) is 2.01. The number of methoxy groups -OCH3 is 1. The number of hydrazone groups is 1. The van der Waals surface area contributed by atoms with E-state index >= 15 is 0 Å². The molecule has 0 heterocycles. The van der Waals surface area contributed by atoms with Crippen LogP contribution in [0, 0.1) is 5.82 Å². The van der Waals surface area contributed by atoms with Gasteiger partial charge in [0.1, 0.15) is 5.82 Å². The summed E-state index contributed by atoms with van der Waals surface area (Å²) in [6.45, 7) is 0. The van der Waals surface area contributed by atoms with Crippen molar-refractivity contribution >= 4 is 23.7 Å². The van der Waals surface area contributed by atoms with E-state index in [9.17, 15) is 19.1 Å². The molecule has 0 aliphatic rings. The number of para-hydroxylation sites is 1. The molecule has 2 aromatic rings. The number of anilines is 1. The maximum absolute atomic E-state index is 13.4. The molecule has 2 amide bonds. The van der Waals surface area contributed by atoms with Crippen LogP contribution in [0.25, 0.3) is 0 Å². The number of carbonyl (C=O) groups excluding carboxylic acids is 2. The first kappa shape index (κ1) is 18.9. The van der Waals surface area contributed by atoms with E-state index in [1.165, 1.54) is 37.6 Å². The van der Waals surface area contributed by atoms with Gasteiger partial charge in [-0.15, -0.1) is 0 Å². The number of phenolic OH excluding ortho intramolecular Hbond substituents is 1. The summed E-state index contributed by atoms with van der Waals surface area (Å²) >= 11 is 0. The molecule has 136 valence electrons. The molecule has 0 aliphatic carbocycles. The van der Waals surface area contributed by atoms with Crippen molar-refractivity contribution in [3.8, 4) is 11.5 Å². The van der Waals surface area contributed by atoms with E-state index in [4.69, 9.17) is 4.74 Å². The Balaban J connectivity index is 1.78. The van der Waals surface area contributed by atoms with Crippen LogP contribution in [0.5, 0.6) is 11.5 Å². The van der Waals surface area contributed by atoms with Crippen LogP contribution in [0.3, 0.4) is 0 Å². The van der Waals surface area contributed by atoms with Gasteiger partial charge in [-0.05, 0) is 35.9 Å². The SMILES string of the molecule is COc1cc(/C=N/NC(=O)CCC(=O)Nc2ccccc2F)ccc1O. The molecule has 7 nitrogen and oxygen atoms in total. The van der Waals surface area contributed by atoms with Gasteiger partial charge in [-0.25, -0.2) is 9.82 Å². The first-order valence-corrected chi connectivity index (χ1v) is 7.73. The van der Waals surface area contributed by atoms with Crippen LogP contribution in [0.1, 0.15) is 18.4 Å². The molecule has 0 saturated heterocycles. The molecule has 0 bridgehead atoms. The number of carbonyl (C=O) groups is 2. The van der Waals surface area contributed by atoms with E-state index in [1.54, 1.807) is 18.2 Å². The minimum Gasteiger partial charge on any atom is -0.504 e. The molecule has 8 heteroatoms. The molecule has 2 rings (SSSR count). The predicted octanol–water partition coefficient (Wildman–Crippen LogP) is 2.41. The van der Waals surface area contributed by atoms with Crippen LogP contribution in [0.4, 0.5) is 10.1 Å². The number of nitrogens with one attached hydrogen (secondary N) is 2. The third-order valence-corrected chi connectivity index (χ3v) is 3.33. The van der Waals surface area contributed by atoms with Gasteiger partial charge in [0.15, 0.2) is 11.5 Å². The normalized spacial score (nSPS) is 10.5. The highest BCUT2D eigenvalue weighted by molar-refractivity contribution is 5.93. The zero-order chi connectivity index (χ0) is 18.9. The standard InChI is InChI=1S/C18H18FN3O4/c1-26-16-10-12(6-7-15(16)23)11-20-22-18(25)9-8-17(24)21-14-5-3-2-4-13(14)19/h2-7,10-11,23H,8-9H2,1H3,(H,21,24)(H,22,25)/b20-11+. The van der Waals surface area contributed by atoms with Crippen LogP contribution in [0.2, 0.25) is 0 Å². The van der Waals surface area contributed by atoms with E-state index in [1.807, 2.05) is 0 Å². The third-order valence-electron chi connectivity index (χ3n) is 3.33. The summed E-state index contributed by atoms with van der Waals surface area (Å²) in [5, 5.41) is 15.7. The average molecular weight is 359 g/mol. The summed E-state index contributed by atoms with van der Waals surface area (Å²) < 4.78 is 18.4. The lowest BCUT2D eigenvalue weighted by molar-refractivity contribution is -0.124. The smallest absolute Gasteiger partial charge is 0.240 e. The van der Waals surface area contributed by atoms with Gasteiger partial charge < -0.3 is 15.2 Å². The highest BCUT2D eigenvalue weighted by atomic mass is 19.1. The number of aromatic hydroxyl groups is 1. The van der Waals surface area contributed by atoms with Gasteiger partial charge in [0.25, 0.3) is 0 Å². The molecule has 0 spiro atoms. The number of benzene rings is 2. The lowest BCUT2D eigenvalue weighted by Gasteiger charge is -2.05. The molecule has 2 aromatic carbocycles. The second-order valence-corrected chi connectivity index (χ2v) is 5.25. The van der Waals surface area contributed by atoms with Crippen molar-refractivity contribution in [2.24, 2.45) is 5.10 Å². The lowest BCUT2D eigenvalue weighted by atomic mass is 10.2. The number of halogens is 1. The van der Waals surface area contributed by atoms with E-state index in [2.05, 4.69) is 15.8 Å². The highest BCUT2D eigenvalue weighted by Gasteiger charge is 2.09. The Kier molecular flexibility index (Phi) is 6.67. The maximum atomic E-state index is 13.4. The van der Waals surface area contributed by atoms with E-state index in [0.717, 1.165) is 0 Å². The Morgan fingerprint density at radius 2 is 1.92 bits per heavy atom. The Hall–Kier alpha value is -3.42. The maximum Gasteiger partial charge on any atom is 0.240 e. The average Bonchev–Trinajstić information content (AvgIpc) is 2.63. The molecule has 0 radical (unpaired) electrons. The summed E-state index contributed by atoms with van der Waals surface area (Å²) in [6.07, 6.45) is 1.17. The molecule has 0 aliphatic heterocycles. The third kappa shape index (κ3) is 5.59. The van der Waals surface area contributed by atoms with Crippen molar-refractivity contribution in [2.45, 2.75) is 12.8 Å². The molecular formula is C18H18FN3O4. The Labute approximate surface area is 149 Å². The van der Waals surface area contributed by atoms with Gasteiger partial charge in [0.05, 0.1) is 19.0 Å². The zero-order valence-electron chi connectivity index (χ0n) is 14.0. The molecule has 3 N–H and O–H groups in total. The number of hydrogen-bond donors (Lipinski definition) is 3. The summed E-state index contributed by atoms with van der Waals surface area (Å²) in [7, 11) is 1.42. The molecule has 0 aromatic heterocycles. The van der Waals surface area contributed by atoms with Crippen LogP contribution >= 0.6 is 0 Å². The van der Waals surface area contributed by atoms with Crippen molar-refractivity contribution in [3.05, 3.63) is 53.8 Å². The second kappa shape index (κ2) is 9.16. The fourth-order valence-corrected chi connectivity index (χ4v) is 2.01. The number of phenols is 1. The van der Waals surface area contributed by atoms with E-state index < -0.39 is 17.6 Å². The van der Waals surface area contributed by atoms with Crippen molar-refractivity contribution in [2.75, 3.05) is 12.4 Å². The fraction of sp³-hybridized carbons (Fsp3) is 0.167. The summed E-state index contributed by atoms with van der Waals surface area (Å²) in [5.74, 6) is -1.20. The Bertz CT molecular complexity index is 824. The second-order valence-electron chi connectivity index (χ2n) is 5.25. The Morgan fingerprint density at radius 1 is 1.19 bits per heavy atom. The molecule has 0 atom stereocenters. The first-order valence-electron chi connectivity index (χ1n) is 7.73. The number of ether oxygens (including phenoxy) is 1. The first-order chi connectivity index (χ1) is 12.5. The van der Waals surface area contributed by atoms with Gasteiger partial charge in [0.2, 0.25) is 11.8 Å². The summed E-state index contributed by atoms with van der Waals surface area (Å²) in [4.78, 5) is 23.4. The molecule has 0 unspecified atom stereocenters. The predicted molar refractivity (Wildman–Crippen MR) is 94.7 cm³/mol. The summed E-state index contributed by atoms with van der Waals surface area (Å²) in [5.41, 5.74) is 2.96. The Morgan fingerprint density at radius 3 is 2.65 bits per heavy atom. The van der Waals surface area contributed by atoms with E-state index in [0.29, 0.717) is 5.56 Å². The number of rotatable bonds is 7. The minimum atomic E-state index is -0.542. The highest BCUT2D eigenvalue weighted by Crippen LogP contribution is 2.25. The van der Waals surface area contributed by atoms with Gasteiger partial charge in [0, 0.05) is 12.8 Å². The topological polar surface area (TPSA) is 100 Å². The van der Waals surface area contributed by atoms with Crippen LogP contribution in [-0.4, -0.2) is 30.2 Å². The van der Waals surface area contributed by atoms with Crippen LogP contribution in [-0.2, 0) is 9.59 Å². The van der Waals surface area contributed by atoms with Crippen molar-refractivity contribution < 1.29 is 23.8 Å². The molecule has 0 saturated carbocycles. The number of nitrogens with zero attached hydrogens (tertiary/aromatic N) is 1. The van der Waals surface area contributed by atoms with Crippen LogP contribution < -0.4 is 15.5 Å². The number of amides is 2. The monoisotopic (exact) mass is 359 g/mol. The summed E-state index contributed by atoms with van der Waals surface area (Å²) in [6, 6.07) is 10.4. The van der Waals surface area contributed by atoms with E-state index in [-0.39, 0.29) is 30.0 Å². The van der Waals surface area contributed by atoms with Gasteiger partial charge in [-0.2, -0.15) is 5.10 Å². The molecular weight excluding hydrogens is 341 g/mol. The number of hydrogen-bond acceptors (Lipinski definition) is 5. The molecule has 26 heavy (non-hydrogen) atoms. The lowest BCUT2D eigenvalue weighted by Crippen LogP contribution is -2.20. The zero-order valence-corrected chi connectivity index (χ0v) is 14.0. The van der Waals surface area contributed by atoms with Crippen LogP contribution in [0.15, 0.2) is 47.6 Å². The minimum absolute atomic E-state index is 0.00505. The molecule has 0 fully saturated rings. The van der Waals surface area contributed by atoms with Gasteiger partial charge in [-0.3, -0.25) is 9.59 Å². The quantitative estimate of drug-likeness (QED) is 0.522. The van der Waals surface area contributed by atoms with Crippen molar-refractivity contribution in [3.63, 3.8) is 0 Å². The van der Waals surface area contributed by atoms with Crippen molar-refractivity contribution in [1.29, 1.82) is 0 Å². The van der Waals surface area contributed by atoms with Gasteiger partial charge in [-0.1, -0.05) is 12.1 Å².